The molecule has 0 spiro atoms. The van der Waals surface area contributed by atoms with E-state index in [0.717, 1.165) is 0 Å². The number of benzene rings is 1. The summed E-state index contributed by atoms with van der Waals surface area (Å²) in [6.45, 7) is 1.37. The highest BCUT2D eigenvalue weighted by atomic mass is 19.1. The Labute approximate surface area is 172 Å². The third kappa shape index (κ3) is 5.00. The van der Waals surface area contributed by atoms with Gasteiger partial charge in [-0.25, -0.2) is 9.37 Å². The van der Waals surface area contributed by atoms with Crippen LogP contribution in [0.5, 0.6) is 5.75 Å². The van der Waals surface area contributed by atoms with Gasteiger partial charge in [-0.1, -0.05) is 12.1 Å². The average Bonchev–Trinajstić information content (AvgIpc) is 3.19. The minimum Gasteiger partial charge on any atom is -0.487 e. The Kier molecular flexibility index (Phi) is 7.10. The molecule has 0 aliphatic rings. The zero-order valence-electron chi connectivity index (χ0n) is 16.3. The van der Waals surface area contributed by atoms with Gasteiger partial charge in [-0.05, 0) is 42.8 Å². The Bertz CT molecular complexity index is 969. The summed E-state index contributed by atoms with van der Waals surface area (Å²) in [6.07, 6.45) is 2.00. The number of rotatable bonds is 9. The van der Waals surface area contributed by atoms with Gasteiger partial charge in [0.25, 0.3) is 5.91 Å². The van der Waals surface area contributed by atoms with E-state index >= 15 is 0 Å². The molecule has 2 heterocycles. The number of aromatic nitrogens is 2. The van der Waals surface area contributed by atoms with Crippen LogP contribution in [0.3, 0.4) is 0 Å². The fourth-order valence-corrected chi connectivity index (χ4v) is 2.74. The van der Waals surface area contributed by atoms with E-state index < -0.39 is 0 Å². The predicted octanol–water partition coefficient (Wildman–Crippen LogP) is 2.45. The lowest BCUT2D eigenvalue weighted by Gasteiger charge is -2.13. The summed E-state index contributed by atoms with van der Waals surface area (Å²) in [6, 6.07) is 8.50. The highest BCUT2D eigenvalue weighted by molar-refractivity contribution is 5.92. The van der Waals surface area contributed by atoms with Crippen molar-refractivity contribution in [2.24, 2.45) is 0 Å². The Balaban J connectivity index is 1.70. The van der Waals surface area contributed by atoms with Gasteiger partial charge in [0.2, 0.25) is 0 Å². The lowest BCUT2D eigenvalue weighted by molar-refractivity contribution is 0.0909. The summed E-state index contributed by atoms with van der Waals surface area (Å²) in [5, 5.41) is 25.3. The summed E-state index contributed by atoms with van der Waals surface area (Å²) in [5.74, 6) is -0.117. The number of nitrogens with one attached hydrogen (secondary N) is 1. The maximum absolute atomic E-state index is 13.2. The number of aliphatic hydroxyl groups excluding tert-OH is 2. The first-order valence-electron chi connectivity index (χ1n) is 9.40. The van der Waals surface area contributed by atoms with Gasteiger partial charge in [-0.15, -0.1) is 0 Å². The summed E-state index contributed by atoms with van der Waals surface area (Å²) >= 11 is 0. The number of aliphatic hydroxyl groups is 2. The van der Waals surface area contributed by atoms with Crippen LogP contribution in [0.1, 0.15) is 35.2 Å². The predicted molar refractivity (Wildman–Crippen MR) is 105 cm³/mol. The molecular formula is C21H22FN3O5. The Hall–Kier alpha value is -3.30. The second kappa shape index (κ2) is 9.95. The maximum atomic E-state index is 13.2. The standard InChI is InChI=1S/C21H22FN3O5/c1-2-15(10-26)24-21(28)18-8-7-16(9-23-18)29-12-17-19(11-27)30-25-20(17)13-3-5-14(22)6-4-13/h3-9,15,26-27H,2,10-12H2,1H3,(H,24,28). The van der Waals surface area contributed by atoms with Gasteiger partial charge in [0.15, 0.2) is 5.76 Å². The number of nitrogens with zero attached hydrogens (tertiary/aromatic N) is 2. The topological polar surface area (TPSA) is 118 Å². The lowest BCUT2D eigenvalue weighted by atomic mass is 10.1. The molecule has 1 aromatic carbocycles. The van der Waals surface area contributed by atoms with Gasteiger partial charge >= 0.3 is 0 Å². The molecule has 2 aromatic heterocycles. The molecule has 0 saturated heterocycles. The van der Waals surface area contributed by atoms with Gasteiger partial charge in [0.05, 0.1) is 24.4 Å². The van der Waals surface area contributed by atoms with Crippen LogP contribution in [0.25, 0.3) is 11.3 Å². The number of ether oxygens (including phenoxy) is 1. The van der Waals surface area contributed by atoms with Crippen LogP contribution < -0.4 is 10.1 Å². The largest absolute Gasteiger partial charge is 0.487 e. The Morgan fingerprint density at radius 1 is 1.23 bits per heavy atom. The van der Waals surface area contributed by atoms with Crippen molar-refractivity contribution in [3.63, 3.8) is 0 Å². The second-order valence-electron chi connectivity index (χ2n) is 6.53. The first-order valence-corrected chi connectivity index (χ1v) is 9.40. The first-order chi connectivity index (χ1) is 14.5. The molecule has 0 aliphatic heterocycles. The van der Waals surface area contributed by atoms with Crippen LogP contribution in [0.4, 0.5) is 4.39 Å². The minimum atomic E-state index is -0.386. The average molecular weight is 415 g/mol. The van der Waals surface area contributed by atoms with Crippen LogP contribution in [-0.4, -0.2) is 38.9 Å². The summed E-state index contributed by atoms with van der Waals surface area (Å²) in [7, 11) is 0. The SMILES string of the molecule is CCC(CO)NC(=O)c1ccc(OCc2c(-c3ccc(F)cc3)noc2CO)cn1. The molecule has 0 bridgehead atoms. The van der Waals surface area contributed by atoms with Crippen molar-refractivity contribution in [1.29, 1.82) is 0 Å². The van der Waals surface area contributed by atoms with E-state index in [1.165, 1.54) is 24.4 Å². The molecule has 3 N–H and O–H groups in total. The zero-order chi connectivity index (χ0) is 21.5. The number of amides is 1. The number of halogens is 1. The van der Waals surface area contributed by atoms with Crippen LogP contribution >= 0.6 is 0 Å². The molecule has 0 saturated carbocycles. The van der Waals surface area contributed by atoms with E-state index in [1.807, 2.05) is 6.92 Å². The van der Waals surface area contributed by atoms with E-state index in [4.69, 9.17) is 9.26 Å². The molecule has 1 unspecified atom stereocenters. The van der Waals surface area contributed by atoms with Gasteiger partial charge in [0, 0.05) is 5.56 Å². The summed E-state index contributed by atoms with van der Waals surface area (Å²) in [4.78, 5) is 16.2. The molecule has 0 aliphatic carbocycles. The van der Waals surface area contributed by atoms with E-state index in [-0.39, 0.29) is 49.0 Å². The van der Waals surface area contributed by atoms with Crippen molar-refractivity contribution in [2.45, 2.75) is 32.6 Å². The van der Waals surface area contributed by atoms with Crippen molar-refractivity contribution in [3.05, 3.63) is 65.4 Å². The maximum Gasteiger partial charge on any atom is 0.270 e. The van der Waals surface area contributed by atoms with Gasteiger partial charge in [-0.3, -0.25) is 4.79 Å². The van der Waals surface area contributed by atoms with E-state index in [9.17, 15) is 19.4 Å². The van der Waals surface area contributed by atoms with Crippen molar-refractivity contribution < 1.29 is 28.7 Å². The third-order valence-corrected chi connectivity index (χ3v) is 4.53. The molecule has 1 amide bonds. The van der Waals surface area contributed by atoms with Crippen LogP contribution in [-0.2, 0) is 13.2 Å². The smallest absolute Gasteiger partial charge is 0.270 e. The van der Waals surface area contributed by atoms with E-state index in [0.29, 0.717) is 29.0 Å². The fourth-order valence-electron chi connectivity index (χ4n) is 2.74. The monoisotopic (exact) mass is 415 g/mol. The first kappa shape index (κ1) is 21.4. The molecule has 0 fully saturated rings. The second-order valence-corrected chi connectivity index (χ2v) is 6.53. The highest BCUT2D eigenvalue weighted by Gasteiger charge is 2.18. The molecule has 3 aromatic rings. The summed E-state index contributed by atoms with van der Waals surface area (Å²) in [5.41, 5.74) is 1.79. The molecule has 9 heteroatoms. The molecule has 8 nitrogen and oxygen atoms in total. The zero-order valence-corrected chi connectivity index (χ0v) is 16.3. The molecule has 30 heavy (non-hydrogen) atoms. The van der Waals surface area contributed by atoms with E-state index in [1.54, 1.807) is 18.2 Å². The lowest BCUT2D eigenvalue weighted by Crippen LogP contribution is -2.37. The third-order valence-electron chi connectivity index (χ3n) is 4.53. The highest BCUT2D eigenvalue weighted by Crippen LogP contribution is 2.27. The number of carbonyl (C=O) groups excluding carboxylic acids is 1. The van der Waals surface area contributed by atoms with Crippen molar-refractivity contribution in [1.82, 2.24) is 15.5 Å². The van der Waals surface area contributed by atoms with Gasteiger partial charge in [0.1, 0.15) is 36.2 Å². The molecule has 1 atom stereocenters. The van der Waals surface area contributed by atoms with Crippen molar-refractivity contribution >= 4 is 5.91 Å². The fraction of sp³-hybridized carbons (Fsp3) is 0.286. The van der Waals surface area contributed by atoms with Crippen LogP contribution in [0.2, 0.25) is 0 Å². The molecule has 0 radical (unpaired) electrons. The Morgan fingerprint density at radius 2 is 2.00 bits per heavy atom. The number of hydrogen-bond donors (Lipinski definition) is 3. The van der Waals surface area contributed by atoms with E-state index in [2.05, 4.69) is 15.5 Å². The van der Waals surface area contributed by atoms with Crippen LogP contribution in [0.15, 0.2) is 47.1 Å². The Morgan fingerprint density at radius 3 is 2.60 bits per heavy atom. The number of carbonyl (C=O) groups is 1. The minimum absolute atomic E-state index is 0.0295. The summed E-state index contributed by atoms with van der Waals surface area (Å²) < 4.78 is 24.1. The normalized spacial score (nSPS) is 11.9. The van der Waals surface area contributed by atoms with Gasteiger partial charge in [-0.2, -0.15) is 0 Å². The van der Waals surface area contributed by atoms with Gasteiger partial charge < -0.3 is 24.8 Å². The number of hydrogen-bond acceptors (Lipinski definition) is 7. The number of pyridine rings is 1. The van der Waals surface area contributed by atoms with Crippen molar-refractivity contribution in [2.75, 3.05) is 6.61 Å². The van der Waals surface area contributed by atoms with Crippen LogP contribution in [0, 0.1) is 5.82 Å². The quantitative estimate of drug-likeness (QED) is 0.491. The van der Waals surface area contributed by atoms with Crippen molar-refractivity contribution in [3.8, 4) is 17.0 Å². The molecular weight excluding hydrogens is 393 g/mol. The molecule has 3 rings (SSSR count). The molecule has 158 valence electrons.